The SMILES string of the molecule is CC(C)(C)c1cnc(CNC(=O)c2ccc(C(=O)O)s2)o1. The number of rotatable bonds is 4. The van der Waals surface area contributed by atoms with Crippen molar-refractivity contribution in [3.05, 3.63) is 39.7 Å². The summed E-state index contributed by atoms with van der Waals surface area (Å²) >= 11 is 0.931. The predicted molar refractivity (Wildman–Crippen MR) is 77.7 cm³/mol. The van der Waals surface area contributed by atoms with Crippen molar-refractivity contribution in [1.82, 2.24) is 10.3 Å². The molecule has 2 aromatic rings. The second-order valence-corrected chi connectivity index (χ2v) is 6.60. The molecule has 0 unspecified atom stereocenters. The van der Waals surface area contributed by atoms with Crippen LogP contribution in [0.15, 0.2) is 22.7 Å². The molecule has 0 aliphatic heterocycles. The molecule has 0 aromatic carbocycles. The largest absolute Gasteiger partial charge is 0.477 e. The lowest BCUT2D eigenvalue weighted by molar-refractivity contribution is 0.0702. The van der Waals surface area contributed by atoms with E-state index in [0.717, 1.165) is 17.1 Å². The summed E-state index contributed by atoms with van der Waals surface area (Å²) in [6.07, 6.45) is 1.65. The van der Waals surface area contributed by atoms with Crippen molar-refractivity contribution in [3.8, 4) is 0 Å². The van der Waals surface area contributed by atoms with Gasteiger partial charge in [-0.25, -0.2) is 9.78 Å². The second-order valence-electron chi connectivity index (χ2n) is 5.52. The van der Waals surface area contributed by atoms with Gasteiger partial charge in [0.25, 0.3) is 5.91 Å². The molecule has 2 aromatic heterocycles. The molecule has 21 heavy (non-hydrogen) atoms. The molecule has 6 nitrogen and oxygen atoms in total. The van der Waals surface area contributed by atoms with E-state index in [1.54, 1.807) is 6.20 Å². The third-order valence-corrected chi connectivity index (χ3v) is 3.81. The van der Waals surface area contributed by atoms with Crippen molar-refractivity contribution in [2.75, 3.05) is 0 Å². The number of thiophene rings is 1. The van der Waals surface area contributed by atoms with Gasteiger partial charge in [-0.15, -0.1) is 11.3 Å². The molecule has 7 heteroatoms. The van der Waals surface area contributed by atoms with Gasteiger partial charge in [-0.3, -0.25) is 4.79 Å². The Hall–Kier alpha value is -2.15. The van der Waals surface area contributed by atoms with Gasteiger partial charge in [-0.05, 0) is 12.1 Å². The van der Waals surface area contributed by atoms with Gasteiger partial charge < -0.3 is 14.8 Å². The van der Waals surface area contributed by atoms with E-state index in [9.17, 15) is 9.59 Å². The van der Waals surface area contributed by atoms with Crippen molar-refractivity contribution >= 4 is 23.2 Å². The van der Waals surface area contributed by atoms with E-state index < -0.39 is 5.97 Å². The van der Waals surface area contributed by atoms with Gasteiger partial charge in [-0.1, -0.05) is 20.8 Å². The average Bonchev–Trinajstić information content (AvgIpc) is 3.04. The molecule has 0 radical (unpaired) electrons. The van der Waals surface area contributed by atoms with E-state index >= 15 is 0 Å². The Morgan fingerprint density at radius 1 is 1.33 bits per heavy atom. The van der Waals surface area contributed by atoms with Crippen LogP contribution in [0.3, 0.4) is 0 Å². The van der Waals surface area contributed by atoms with Crippen LogP contribution in [0.1, 0.15) is 51.8 Å². The van der Waals surface area contributed by atoms with Crippen LogP contribution >= 0.6 is 11.3 Å². The van der Waals surface area contributed by atoms with E-state index in [1.165, 1.54) is 12.1 Å². The first kappa shape index (κ1) is 15.2. The molecule has 0 atom stereocenters. The summed E-state index contributed by atoms with van der Waals surface area (Å²) in [6.45, 7) is 6.19. The molecule has 0 fully saturated rings. The Balaban J connectivity index is 1.97. The monoisotopic (exact) mass is 308 g/mol. The van der Waals surface area contributed by atoms with Gasteiger partial charge in [0.1, 0.15) is 10.6 Å². The normalized spacial score (nSPS) is 11.4. The number of amides is 1. The Morgan fingerprint density at radius 3 is 2.52 bits per heavy atom. The minimum atomic E-state index is -1.04. The van der Waals surface area contributed by atoms with Gasteiger partial charge in [-0.2, -0.15) is 0 Å². The maximum Gasteiger partial charge on any atom is 0.345 e. The molecule has 2 heterocycles. The molecule has 1 amide bonds. The Bertz CT molecular complexity index is 667. The smallest absolute Gasteiger partial charge is 0.345 e. The highest BCUT2D eigenvalue weighted by molar-refractivity contribution is 7.15. The first-order valence-corrected chi connectivity index (χ1v) is 7.15. The number of aromatic carboxylic acids is 1. The van der Waals surface area contributed by atoms with Crippen molar-refractivity contribution in [2.45, 2.75) is 32.7 Å². The zero-order valence-corrected chi connectivity index (χ0v) is 12.8. The number of carboxylic acid groups (broad SMARTS) is 1. The van der Waals surface area contributed by atoms with Gasteiger partial charge >= 0.3 is 5.97 Å². The maximum atomic E-state index is 11.9. The highest BCUT2D eigenvalue weighted by Crippen LogP contribution is 2.22. The predicted octanol–water partition coefficient (Wildman–Crippen LogP) is 2.66. The number of carboxylic acids is 1. The van der Waals surface area contributed by atoms with Crippen LogP contribution in [-0.2, 0) is 12.0 Å². The molecular weight excluding hydrogens is 292 g/mol. The Labute approximate surface area is 125 Å². The van der Waals surface area contributed by atoms with Crippen LogP contribution in [0, 0.1) is 0 Å². The lowest BCUT2D eigenvalue weighted by atomic mass is 9.94. The Kier molecular flexibility index (Phi) is 4.13. The molecule has 0 saturated carbocycles. The summed E-state index contributed by atoms with van der Waals surface area (Å²) in [5.41, 5.74) is -0.139. The van der Waals surface area contributed by atoms with Gasteiger partial charge in [0.2, 0.25) is 5.89 Å². The van der Waals surface area contributed by atoms with E-state index in [1.807, 2.05) is 20.8 Å². The molecule has 2 rings (SSSR count). The van der Waals surface area contributed by atoms with Crippen LogP contribution in [0.4, 0.5) is 0 Å². The molecule has 0 spiro atoms. The van der Waals surface area contributed by atoms with Crippen LogP contribution in [0.2, 0.25) is 0 Å². The minimum Gasteiger partial charge on any atom is -0.477 e. The maximum absolute atomic E-state index is 11.9. The summed E-state index contributed by atoms with van der Waals surface area (Å²) in [5.74, 6) is -0.219. The molecule has 0 aliphatic carbocycles. The Morgan fingerprint density at radius 2 is 2.00 bits per heavy atom. The number of nitrogens with zero attached hydrogens (tertiary/aromatic N) is 1. The standard InChI is InChI=1S/C14H16N2O4S/c1-14(2,3)10-6-15-11(20-10)7-16-12(17)8-4-5-9(21-8)13(18)19/h4-6H,7H2,1-3H3,(H,16,17)(H,18,19). The highest BCUT2D eigenvalue weighted by Gasteiger charge is 2.19. The second kappa shape index (κ2) is 5.69. The van der Waals surface area contributed by atoms with Crippen LogP contribution in [0.25, 0.3) is 0 Å². The number of hydrogen-bond donors (Lipinski definition) is 2. The molecule has 0 bridgehead atoms. The molecule has 0 saturated heterocycles. The van der Waals surface area contributed by atoms with Crippen molar-refractivity contribution in [2.24, 2.45) is 0 Å². The lowest BCUT2D eigenvalue weighted by Gasteiger charge is -2.13. The van der Waals surface area contributed by atoms with Gasteiger partial charge in [0.15, 0.2) is 0 Å². The van der Waals surface area contributed by atoms with E-state index in [0.29, 0.717) is 10.8 Å². The summed E-state index contributed by atoms with van der Waals surface area (Å²) in [7, 11) is 0. The van der Waals surface area contributed by atoms with Gasteiger partial charge in [0, 0.05) is 5.41 Å². The third kappa shape index (κ3) is 3.69. The van der Waals surface area contributed by atoms with E-state index in [2.05, 4.69) is 10.3 Å². The number of carbonyl (C=O) groups excluding carboxylic acids is 1. The first-order valence-electron chi connectivity index (χ1n) is 6.34. The molecule has 0 aliphatic rings. The summed E-state index contributed by atoms with van der Waals surface area (Å²) in [4.78, 5) is 27.2. The molecule has 112 valence electrons. The van der Waals surface area contributed by atoms with E-state index in [4.69, 9.17) is 9.52 Å². The highest BCUT2D eigenvalue weighted by atomic mass is 32.1. The first-order chi connectivity index (χ1) is 9.77. The van der Waals surface area contributed by atoms with Crippen LogP contribution in [0.5, 0.6) is 0 Å². The quantitative estimate of drug-likeness (QED) is 0.906. The van der Waals surface area contributed by atoms with Crippen LogP contribution < -0.4 is 5.32 Å². The number of oxazole rings is 1. The van der Waals surface area contributed by atoms with Crippen molar-refractivity contribution < 1.29 is 19.1 Å². The average molecular weight is 308 g/mol. The number of carbonyl (C=O) groups is 2. The fourth-order valence-electron chi connectivity index (χ4n) is 1.56. The molecular formula is C14H16N2O4S. The van der Waals surface area contributed by atoms with E-state index in [-0.39, 0.29) is 22.7 Å². The zero-order chi connectivity index (χ0) is 15.6. The fraction of sp³-hybridized carbons (Fsp3) is 0.357. The van der Waals surface area contributed by atoms with Crippen molar-refractivity contribution in [1.29, 1.82) is 0 Å². The third-order valence-electron chi connectivity index (χ3n) is 2.73. The topological polar surface area (TPSA) is 92.4 Å². The number of nitrogens with one attached hydrogen (secondary N) is 1. The minimum absolute atomic E-state index is 0.131. The van der Waals surface area contributed by atoms with Crippen molar-refractivity contribution in [3.63, 3.8) is 0 Å². The van der Waals surface area contributed by atoms with Gasteiger partial charge in [0.05, 0.1) is 17.6 Å². The van der Waals surface area contributed by atoms with Crippen LogP contribution in [-0.4, -0.2) is 22.0 Å². The summed E-state index contributed by atoms with van der Waals surface area (Å²) < 4.78 is 5.56. The molecule has 2 N–H and O–H groups in total. The summed E-state index contributed by atoms with van der Waals surface area (Å²) in [6, 6.07) is 2.89. The fourth-order valence-corrected chi connectivity index (χ4v) is 2.32. The number of aromatic nitrogens is 1. The summed E-state index contributed by atoms with van der Waals surface area (Å²) in [5, 5.41) is 11.5. The zero-order valence-electron chi connectivity index (χ0n) is 12.0. The number of hydrogen-bond acceptors (Lipinski definition) is 5. The lowest BCUT2D eigenvalue weighted by Crippen LogP contribution is -2.22.